The Hall–Kier alpha value is -1.23. The molecule has 1 heterocycles. The summed E-state index contributed by atoms with van der Waals surface area (Å²) in [5.41, 5.74) is 5.80. The molecule has 0 amide bonds. The van der Waals surface area contributed by atoms with Gasteiger partial charge in [0.2, 0.25) is 5.95 Å². The maximum absolute atomic E-state index is 12.5. The van der Waals surface area contributed by atoms with Gasteiger partial charge in [0.05, 0.1) is 12.4 Å². The molecule has 5 heteroatoms. The monoisotopic (exact) mass is 210 g/mol. The summed E-state index contributed by atoms with van der Waals surface area (Å²) in [6.07, 6.45) is 6.45. The average molecular weight is 210 g/mol. The summed E-state index contributed by atoms with van der Waals surface area (Å²) in [6.45, 7) is 0. The summed E-state index contributed by atoms with van der Waals surface area (Å²) in [5, 5.41) is 3.18. The molecule has 1 aliphatic carbocycles. The highest BCUT2D eigenvalue weighted by atomic mass is 19.1. The molecule has 1 aromatic heterocycles. The number of anilines is 1. The Balaban J connectivity index is 1.89. The highest BCUT2D eigenvalue weighted by Gasteiger charge is 2.18. The fourth-order valence-electron chi connectivity index (χ4n) is 1.83. The summed E-state index contributed by atoms with van der Waals surface area (Å²) in [6, 6.07) is 0.701. The molecule has 4 nitrogen and oxygen atoms in total. The van der Waals surface area contributed by atoms with Gasteiger partial charge in [-0.15, -0.1) is 0 Å². The average Bonchev–Trinajstić information content (AvgIpc) is 2.25. The van der Waals surface area contributed by atoms with Gasteiger partial charge in [0.15, 0.2) is 5.82 Å². The molecule has 0 aliphatic heterocycles. The molecule has 3 N–H and O–H groups in total. The van der Waals surface area contributed by atoms with Crippen molar-refractivity contribution in [1.82, 2.24) is 9.97 Å². The molecule has 1 aromatic rings. The molecule has 0 unspecified atom stereocenters. The second-order valence-corrected chi connectivity index (χ2v) is 3.98. The molecule has 0 aromatic carbocycles. The normalized spacial score (nSPS) is 26.3. The van der Waals surface area contributed by atoms with E-state index in [0.717, 1.165) is 25.7 Å². The molecule has 0 bridgehead atoms. The first kappa shape index (κ1) is 10.3. The van der Waals surface area contributed by atoms with Crippen LogP contribution in [0.4, 0.5) is 10.3 Å². The highest BCUT2D eigenvalue weighted by Crippen LogP contribution is 2.19. The minimum Gasteiger partial charge on any atom is -0.351 e. The number of hydrogen-bond acceptors (Lipinski definition) is 4. The summed E-state index contributed by atoms with van der Waals surface area (Å²) < 4.78 is 12.5. The van der Waals surface area contributed by atoms with Gasteiger partial charge in [-0.05, 0) is 25.7 Å². The first-order chi connectivity index (χ1) is 7.24. The van der Waals surface area contributed by atoms with E-state index in [1.165, 1.54) is 12.4 Å². The molecule has 1 fully saturated rings. The molecule has 1 saturated carbocycles. The lowest BCUT2D eigenvalue weighted by Gasteiger charge is -2.26. The number of halogens is 1. The Morgan fingerprint density at radius 3 is 2.40 bits per heavy atom. The fourth-order valence-corrected chi connectivity index (χ4v) is 1.83. The number of nitrogens with two attached hydrogens (primary N) is 1. The van der Waals surface area contributed by atoms with Crippen molar-refractivity contribution in [2.45, 2.75) is 37.8 Å². The lowest BCUT2D eigenvalue weighted by molar-refractivity contribution is 0.409. The van der Waals surface area contributed by atoms with Gasteiger partial charge in [-0.25, -0.2) is 14.4 Å². The lowest BCUT2D eigenvalue weighted by atomic mass is 9.92. The van der Waals surface area contributed by atoms with E-state index in [9.17, 15) is 4.39 Å². The van der Waals surface area contributed by atoms with Crippen LogP contribution >= 0.6 is 0 Å². The van der Waals surface area contributed by atoms with Crippen LogP contribution in [-0.4, -0.2) is 22.1 Å². The van der Waals surface area contributed by atoms with Gasteiger partial charge in [-0.3, -0.25) is 0 Å². The van der Waals surface area contributed by atoms with Gasteiger partial charge >= 0.3 is 0 Å². The van der Waals surface area contributed by atoms with E-state index in [0.29, 0.717) is 18.0 Å². The van der Waals surface area contributed by atoms with Crippen LogP contribution in [0.5, 0.6) is 0 Å². The van der Waals surface area contributed by atoms with Crippen LogP contribution in [0.25, 0.3) is 0 Å². The second kappa shape index (κ2) is 4.53. The van der Waals surface area contributed by atoms with Gasteiger partial charge in [0.1, 0.15) is 0 Å². The van der Waals surface area contributed by atoms with Gasteiger partial charge in [-0.1, -0.05) is 0 Å². The van der Waals surface area contributed by atoms with Crippen molar-refractivity contribution in [1.29, 1.82) is 0 Å². The van der Waals surface area contributed by atoms with Gasteiger partial charge in [0, 0.05) is 12.1 Å². The number of rotatable bonds is 2. The van der Waals surface area contributed by atoms with Crippen LogP contribution in [-0.2, 0) is 0 Å². The zero-order valence-corrected chi connectivity index (χ0v) is 8.49. The first-order valence-corrected chi connectivity index (χ1v) is 5.23. The molecular weight excluding hydrogens is 195 g/mol. The Morgan fingerprint density at radius 2 is 1.80 bits per heavy atom. The number of nitrogens with one attached hydrogen (secondary N) is 1. The van der Waals surface area contributed by atoms with Gasteiger partial charge < -0.3 is 11.1 Å². The number of aromatic nitrogens is 2. The SMILES string of the molecule is NC1CCC(Nc2ncc(F)cn2)CC1. The van der Waals surface area contributed by atoms with E-state index < -0.39 is 5.82 Å². The smallest absolute Gasteiger partial charge is 0.222 e. The minimum atomic E-state index is -0.411. The molecule has 1 aliphatic rings. The van der Waals surface area contributed by atoms with Crippen LogP contribution in [0.1, 0.15) is 25.7 Å². The summed E-state index contributed by atoms with van der Waals surface area (Å²) in [4.78, 5) is 7.73. The predicted octanol–water partition coefficient (Wildman–Crippen LogP) is 1.30. The van der Waals surface area contributed by atoms with E-state index >= 15 is 0 Å². The summed E-state index contributed by atoms with van der Waals surface area (Å²) >= 11 is 0. The molecule has 15 heavy (non-hydrogen) atoms. The van der Waals surface area contributed by atoms with Crippen molar-refractivity contribution in [3.8, 4) is 0 Å². The van der Waals surface area contributed by atoms with E-state index in [4.69, 9.17) is 5.73 Å². The van der Waals surface area contributed by atoms with E-state index in [1.807, 2.05) is 0 Å². The van der Waals surface area contributed by atoms with Gasteiger partial charge in [0.25, 0.3) is 0 Å². The van der Waals surface area contributed by atoms with Crippen molar-refractivity contribution in [2.75, 3.05) is 5.32 Å². The third kappa shape index (κ3) is 2.86. The number of hydrogen-bond donors (Lipinski definition) is 2. The summed E-state index contributed by atoms with van der Waals surface area (Å²) in [7, 11) is 0. The Labute approximate surface area is 88.1 Å². The zero-order valence-electron chi connectivity index (χ0n) is 8.49. The second-order valence-electron chi connectivity index (χ2n) is 3.98. The quantitative estimate of drug-likeness (QED) is 0.772. The zero-order chi connectivity index (χ0) is 10.7. The molecule has 82 valence electrons. The molecule has 0 radical (unpaired) electrons. The Kier molecular flexibility index (Phi) is 3.11. The third-order valence-corrected chi connectivity index (χ3v) is 2.73. The summed E-state index contributed by atoms with van der Waals surface area (Å²) in [5.74, 6) is 0.0862. The van der Waals surface area contributed by atoms with Crippen molar-refractivity contribution in [2.24, 2.45) is 5.73 Å². The van der Waals surface area contributed by atoms with Crippen molar-refractivity contribution in [3.63, 3.8) is 0 Å². The maximum atomic E-state index is 12.5. The highest BCUT2D eigenvalue weighted by molar-refractivity contribution is 5.24. The Morgan fingerprint density at radius 1 is 1.20 bits per heavy atom. The van der Waals surface area contributed by atoms with Crippen molar-refractivity contribution in [3.05, 3.63) is 18.2 Å². The topological polar surface area (TPSA) is 63.8 Å². The molecular formula is C10H15FN4. The van der Waals surface area contributed by atoms with Crippen molar-refractivity contribution >= 4 is 5.95 Å². The third-order valence-electron chi connectivity index (χ3n) is 2.73. The van der Waals surface area contributed by atoms with Gasteiger partial charge in [-0.2, -0.15) is 0 Å². The van der Waals surface area contributed by atoms with Crippen molar-refractivity contribution < 1.29 is 4.39 Å². The van der Waals surface area contributed by atoms with E-state index in [-0.39, 0.29) is 0 Å². The minimum absolute atomic E-state index is 0.331. The van der Waals surface area contributed by atoms with E-state index in [1.54, 1.807) is 0 Å². The van der Waals surface area contributed by atoms with Crippen LogP contribution in [0.15, 0.2) is 12.4 Å². The Bertz CT molecular complexity index is 306. The standard InChI is InChI=1S/C10H15FN4/c11-7-5-13-10(14-6-7)15-9-3-1-8(12)2-4-9/h5-6,8-9H,1-4,12H2,(H,13,14,15). The molecule has 0 spiro atoms. The van der Waals surface area contributed by atoms with Crippen LogP contribution < -0.4 is 11.1 Å². The molecule has 0 saturated heterocycles. The lowest BCUT2D eigenvalue weighted by Crippen LogP contribution is -2.33. The fraction of sp³-hybridized carbons (Fsp3) is 0.600. The first-order valence-electron chi connectivity index (χ1n) is 5.23. The van der Waals surface area contributed by atoms with Crippen LogP contribution in [0.2, 0.25) is 0 Å². The molecule has 0 atom stereocenters. The predicted molar refractivity (Wildman–Crippen MR) is 55.8 cm³/mol. The van der Waals surface area contributed by atoms with Crippen LogP contribution in [0, 0.1) is 5.82 Å². The van der Waals surface area contributed by atoms with Crippen LogP contribution in [0.3, 0.4) is 0 Å². The molecule has 2 rings (SSSR count). The largest absolute Gasteiger partial charge is 0.351 e. The van der Waals surface area contributed by atoms with E-state index in [2.05, 4.69) is 15.3 Å². The number of nitrogens with zero attached hydrogens (tertiary/aromatic N) is 2. The maximum Gasteiger partial charge on any atom is 0.222 e.